The fraction of sp³-hybridized carbons (Fsp3) is 0.538. The summed E-state index contributed by atoms with van der Waals surface area (Å²) in [5.74, 6) is 0.178. The topological polar surface area (TPSA) is 88.3 Å². The number of likely N-dealkylation sites (tertiary alicyclic amines) is 1. The molecule has 7 nitrogen and oxygen atoms in total. The van der Waals surface area contributed by atoms with E-state index in [1.165, 1.54) is 12.4 Å². The Balaban J connectivity index is 1.90. The molecule has 0 spiro atoms. The molecule has 1 aromatic heterocycles. The zero-order valence-electron chi connectivity index (χ0n) is 11.3. The molecule has 1 atom stereocenters. The lowest BCUT2D eigenvalue weighted by Crippen LogP contribution is -2.33. The molecular weight excluding hydrogens is 260 g/mol. The molecule has 7 heteroatoms. The minimum absolute atomic E-state index is 0.0439. The van der Waals surface area contributed by atoms with E-state index in [-0.39, 0.29) is 30.2 Å². The van der Waals surface area contributed by atoms with Gasteiger partial charge in [0.25, 0.3) is 5.88 Å². The van der Waals surface area contributed by atoms with Crippen molar-refractivity contribution in [2.75, 3.05) is 26.3 Å². The van der Waals surface area contributed by atoms with Crippen LogP contribution >= 0.6 is 0 Å². The first-order valence-electron chi connectivity index (χ1n) is 6.48. The van der Waals surface area contributed by atoms with Crippen LogP contribution in [0.5, 0.6) is 5.88 Å². The van der Waals surface area contributed by atoms with Gasteiger partial charge < -0.3 is 14.4 Å². The average Bonchev–Trinajstić information content (AvgIpc) is 2.94. The maximum atomic E-state index is 11.8. The number of rotatable bonds is 5. The number of hydrogen-bond acceptors (Lipinski definition) is 6. The lowest BCUT2D eigenvalue weighted by Gasteiger charge is -2.16. The van der Waals surface area contributed by atoms with Crippen molar-refractivity contribution in [1.29, 1.82) is 5.26 Å². The SMILES string of the molecule is CCOCC(=O)N1CC[C@H](Oc2nccnc2C#N)C1. The second-order valence-electron chi connectivity index (χ2n) is 4.33. The lowest BCUT2D eigenvalue weighted by atomic mass is 10.3. The van der Waals surface area contributed by atoms with Crippen LogP contribution in [-0.4, -0.2) is 53.2 Å². The van der Waals surface area contributed by atoms with E-state index in [0.29, 0.717) is 26.1 Å². The second kappa shape index (κ2) is 6.82. The summed E-state index contributed by atoms with van der Waals surface area (Å²) in [5.41, 5.74) is 0.159. The number of amides is 1. The van der Waals surface area contributed by atoms with Crippen molar-refractivity contribution in [3.63, 3.8) is 0 Å². The molecule has 1 saturated heterocycles. The largest absolute Gasteiger partial charge is 0.470 e. The zero-order chi connectivity index (χ0) is 14.4. The lowest BCUT2D eigenvalue weighted by molar-refractivity contribution is -0.135. The standard InChI is InChI=1S/C13H16N4O3/c1-2-19-9-12(18)17-6-3-10(8-17)20-13-11(7-14)15-4-5-16-13/h4-5,10H,2-3,6,8-9H2,1H3/t10-/m0/s1. The Labute approximate surface area is 117 Å². The smallest absolute Gasteiger partial charge is 0.251 e. The third-order valence-corrected chi connectivity index (χ3v) is 2.98. The van der Waals surface area contributed by atoms with Gasteiger partial charge in [-0.05, 0) is 6.92 Å². The van der Waals surface area contributed by atoms with Gasteiger partial charge in [0.1, 0.15) is 18.8 Å². The summed E-state index contributed by atoms with van der Waals surface area (Å²) in [6, 6.07) is 1.93. The highest BCUT2D eigenvalue weighted by atomic mass is 16.5. The van der Waals surface area contributed by atoms with Crippen LogP contribution in [0.1, 0.15) is 19.0 Å². The van der Waals surface area contributed by atoms with Gasteiger partial charge in [-0.15, -0.1) is 0 Å². The molecule has 1 fully saturated rings. The van der Waals surface area contributed by atoms with E-state index in [0.717, 1.165) is 0 Å². The Morgan fingerprint density at radius 1 is 1.55 bits per heavy atom. The summed E-state index contributed by atoms with van der Waals surface area (Å²) in [7, 11) is 0. The van der Waals surface area contributed by atoms with E-state index in [1.807, 2.05) is 13.0 Å². The third-order valence-electron chi connectivity index (χ3n) is 2.98. The fourth-order valence-corrected chi connectivity index (χ4v) is 1.98. The summed E-state index contributed by atoms with van der Waals surface area (Å²) >= 11 is 0. The summed E-state index contributed by atoms with van der Waals surface area (Å²) in [6.07, 6.45) is 3.46. The van der Waals surface area contributed by atoms with Gasteiger partial charge in [0.05, 0.1) is 6.54 Å². The predicted molar refractivity (Wildman–Crippen MR) is 68.9 cm³/mol. The highest BCUT2D eigenvalue weighted by Gasteiger charge is 2.28. The third kappa shape index (κ3) is 3.42. The minimum atomic E-state index is -0.163. The number of nitrogens with zero attached hydrogens (tertiary/aromatic N) is 4. The normalized spacial score (nSPS) is 17.8. The van der Waals surface area contributed by atoms with Crippen LogP contribution in [0.4, 0.5) is 0 Å². The number of hydrogen-bond donors (Lipinski definition) is 0. The van der Waals surface area contributed by atoms with Crippen molar-refractivity contribution in [1.82, 2.24) is 14.9 Å². The van der Waals surface area contributed by atoms with Crippen LogP contribution < -0.4 is 4.74 Å². The van der Waals surface area contributed by atoms with Gasteiger partial charge >= 0.3 is 0 Å². The molecule has 1 aromatic rings. The van der Waals surface area contributed by atoms with E-state index in [4.69, 9.17) is 14.7 Å². The van der Waals surface area contributed by atoms with Crippen molar-refractivity contribution < 1.29 is 14.3 Å². The van der Waals surface area contributed by atoms with Gasteiger partial charge in [-0.1, -0.05) is 0 Å². The number of aromatic nitrogens is 2. The molecule has 0 radical (unpaired) electrons. The summed E-state index contributed by atoms with van der Waals surface area (Å²) < 4.78 is 10.8. The first kappa shape index (κ1) is 14.2. The molecule has 0 aliphatic carbocycles. The molecule has 0 bridgehead atoms. The fourth-order valence-electron chi connectivity index (χ4n) is 1.98. The molecule has 0 N–H and O–H groups in total. The van der Waals surface area contributed by atoms with Gasteiger partial charge in [0.2, 0.25) is 11.6 Å². The maximum Gasteiger partial charge on any atom is 0.251 e. The molecule has 1 aliphatic heterocycles. The van der Waals surface area contributed by atoms with Gasteiger partial charge in [-0.3, -0.25) is 4.79 Å². The Morgan fingerprint density at radius 2 is 2.35 bits per heavy atom. The van der Waals surface area contributed by atoms with Crippen LogP contribution in [0, 0.1) is 11.3 Å². The second-order valence-corrected chi connectivity index (χ2v) is 4.33. The highest BCUT2D eigenvalue weighted by Crippen LogP contribution is 2.18. The van der Waals surface area contributed by atoms with Crippen molar-refractivity contribution in [2.24, 2.45) is 0 Å². The Kier molecular flexibility index (Phi) is 4.85. The Morgan fingerprint density at radius 3 is 3.10 bits per heavy atom. The van der Waals surface area contributed by atoms with E-state index < -0.39 is 0 Å². The summed E-state index contributed by atoms with van der Waals surface area (Å²) in [4.78, 5) is 21.4. The summed E-state index contributed by atoms with van der Waals surface area (Å²) in [6.45, 7) is 3.56. The maximum absolute atomic E-state index is 11.8. The van der Waals surface area contributed by atoms with Crippen molar-refractivity contribution in [3.8, 4) is 11.9 Å². The quantitative estimate of drug-likeness (QED) is 0.771. The predicted octanol–water partition coefficient (Wildman–Crippen LogP) is 0.364. The molecule has 106 valence electrons. The molecule has 20 heavy (non-hydrogen) atoms. The van der Waals surface area contributed by atoms with E-state index in [2.05, 4.69) is 9.97 Å². The molecule has 0 unspecified atom stereocenters. The Hall–Kier alpha value is -2.20. The highest BCUT2D eigenvalue weighted by molar-refractivity contribution is 5.77. The van der Waals surface area contributed by atoms with Crippen molar-refractivity contribution in [2.45, 2.75) is 19.4 Å². The Bertz CT molecular complexity index is 515. The van der Waals surface area contributed by atoms with E-state index in [1.54, 1.807) is 4.90 Å². The molecule has 1 amide bonds. The van der Waals surface area contributed by atoms with Crippen molar-refractivity contribution >= 4 is 5.91 Å². The molecule has 2 rings (SSSR count). The first-order chi connectivity index (χ1) is 9.74. The van der Waals surface area contributed by atoms with Crippen LogP contribution in [0.25, 0.3) is 0 Å². The van der Waals surface area contributed by atoms with Crippen LogP contribution in [0.3, 0.4) is 0 Å². The molecule has 0 aromatic carbocycles. The van der Waals surface area contributed by atoms with Gasteiger partial charge in [-0.2, -0.15) is 5.26 Å². The minimum Gasteiger partial charge on any atom is -0.470 e. The number of nitriles is 1. The van der Waals surface area contributed by atoms with Crippen LogP contribution in [0.15, 0.2) is 12.4 Å². The number of ether oxygens (including phenoxy) is 2. The van der Waals surface area contributed by atoms with Crippen molar-refractivity contribution in [3.05, 3.63) is 18.1 Å². The molecule has 2 heterocycles. The number of carbonyl (C=O) groups excluding carboxylic acids is 1. The first-order valence-corrected chi connectivity index (χ1v) is 6.48. The van der Waals surface area contributed by atoms with Crippen LogP contribution in [-0.2, 0) is 9.53 Å². The summed E-state index contributed by atoms with van der Waals surface area (Å²) in [5, 5.41) is 8.92. The molecule has 0 saturated carbocycles. The van der Waals surface area contributed by atoms with Gasteiger partial charge in [-0.25, -0.2) is 9.97 Å². The average molecular weight is 276 g/mol. The van der Waals surface area contributed by atoms with Crippen LogP contribution in [0.2, 0.25) is 0 Å². The zero-order valence-corrected chi connectivity index (χ0v) is 11.3. The van der Waals surface area contributed by atoms with Gasteiger partial charge in [0, 0.05) is 32.0 Å². The van der Waals surface area contributed by atoms with E-state index >= 15 is 0 Å². The molecule has 1 aliphatic rings. The number of carbonyl (C=O) groups is 1. The van der Waals surface area contributed by atoms with Gasteiger partial charge in [0.15, 0.2) is 0 Å². The van der Waals surface area contributed by atoms with E-state index in [9.17, 15) is 4.79 Å². The molecular formula is C13H16N4O3. The monoisotopic (exact) mass is 276 g/mol.